The molecule has 0 fully saturated rings. The average Bonchev–Trinajstić information content (AvgIpc) is 2.84. The molecule has 0 saturated carbocycles. The van der Waals surface area contributed by atoms with Crippen LogP contribution in [-0.2, 0) is 16.6 Å². The van der Waals surface area contributed by atoms with E-state index in [9.17, 15) is 8.42 Å². The fourth-order valence-electron chi connectivity index (χ4n) is 1.87. The lowest BCUT2D eigenvalue weighted by Gasteiger charge is -2.10. The van der Waals surface area contributed by atoms with Crippen molar-refractivity contribution in [3.63, 3.8) is 0 Å². The van der Waals surface area contributed by atoms with Gasteiger partial charge in [0.1, 0.15) is 4.99 Å². The third-order valence-corrected chi connectivity index (χ3v) is 4.58. The molecule has 0 aliphatic rings. The van der Waals surface area contributed by atoms with Crippen molar-refractivity contribution >= 4 is 27.2 Å². The molecule has 0 saturated heterocycles. The molecule has 0 amide bonds. The fourth-order valence-corrected chi connectivity index (χ4v) is 3.35. The molecule has 2 aromatic rings. The normalized spacial score (nSPS) is 11.5. The first-order chi connectivity index (χ1) is 9.90. The molecule has 8 heteroatoms. The van der Waals surface area contributed by atoms with Gasteiger partial charge in [-0.05, 0) is 18.6 Å². The molecule has 0 atom stereocenters. The summed E-state index contributed by atoms with van der Waals surface area (Å²) in [6.07, 6.45) is 3.56. The van der Waals surface area contributed by atoms with E-state index in [2.05, 4.69) is 9.82 Å². The number of sulfonamides is 1. The summed E-state index contributed by atoms with van der Waals surface area (Å²) in [4.78, 5) is 0.146. The first-order valence-electron chi connectivity index (χ1n) is 6.28. The van der Waals surface area contributed by atoms with Crippen molar-refractivity contribution < 1.29 is 8.42 Å². The molecule has 0 aliphatic carbocycles. The zero-order valence-corrected chi connectivity index (χ0v) is 13.1. The number of thiocarbonyl (C=S) groups is 1. The molecule has 1 heterocycles. The van der Waals surface area contributed by atoms with Crippen LogP contribution in [0.15, 0.2) is 41.6 Å². The Morgan fingerprint density at radius 3 is 2.76 bits per heavy atom. The standard InChI is InChI=1S/C13H16N4O2S2/c1-10-8-15-17(9-10)7-6-16-21(18,19)12-5-3-2-4-11(12)13(14)20/h2-5,8-9,16H,6-7H2,1H3,(H2,14,20). The van der Waals surface area contributed by atoms with Gasteiger partial charge in [0, 0.05) is 18.3 Å². The molecule has 1 aromatic carbocycles. The van der Waals surface area contributed by atoms with Crippen LogP contribution in [0.5, 0.6) is 0 Å². The molecule has 2 rings (SSSR count). The van der Waals surface area contributed by atoms with Crippen molar-refractivity contribution in [1.29, 1.82) is 0 Å². The second-order valence-corrected chi connectivity index (χ2v) is 6.71. The van der Waals surface area contributed by atoms with E-state index in [1.165, 1.54) is 6.07 Å². The van der Waals surface area contributed by atoms with Gasteiger partial charge in [-0.1, -0.05) is 30.4 Å². The third kappa shape index (κ3) is 3.87. The van der Waals surface area contributed by atoms with Crippen LogP contribution in [0.4, 0.5) is 0 Å². The summed E-state index contributed by atoms with van der Waals surface area (Å²) in [6.45, 7) is 2.60. The van der Waals surface area contributed by atoms with Gasteiger partial charge in [0.2, 0.25) is 10.0 Å². The van der Waals surface area contributed by atoms with Crippen molar-refractivity contribution in [2.45, 2.75) is 18.4 Å². The highest BCUT2D eigenvalue weighted by Crippen LogP contribution is 2.14. The Kier molecular flexibility index (Phi) is 4.71. The number of nitrogens with two attached hydrogens (primary N) is 1. The lowest BCUT2D eigenvalue weighted by atomic mass is 10.2. The fraction of sp³-hybridized carbons (Fsp3) is 0.231. The molecule has 0 radical (unpaired) electrons. The number of hydrogen-bond donors (Lipinski definition) is 2. The molecular formula is C13H16N4O2S2. The summed E-state index contributed by atoms with van der Waals surface area (Å²) in [5, 5.41) is 4.09. The number of nitrogens with zero attached hydrogens (tertiary/aromatic N) is 2. The van der Waals surface area contributed by atoms with Crippen molar-refractivity contribution in [1.82, 2.24) is 14.5 Å². The highest BCUT2D eigenvalue weighted by Gasteiger charge is 2.18. The quantitative estimate of drug-likeness (QED) is 0.767. The van der Waals surface area contributed by atoms with Crippen LogP contribution < -0.4 is 10.5 Å². The van der Waals surface area contributed by atoms with Crippen LogP contribution >= 0.6 is 12.2 Å². The molecule has 6 nitrogen and oxygen atoms in total. The maximum Gasteiger partial charge on any atom is 0.241 e. The van der Waals surface area contributed by atoms with Crippen molar-refractivity contribution in [2.24, 2.45) is 5.73 Å². The van der Waals surface area contributed by atoms with Gasteiger partial charge >= 0.3 is 0 Å². The Bertz CT molecular complexity index is 753. The number of aryl methyl sites for hydroxylation is 1. The highest BCUT2D eigenvalue weighted by molar-refractivity contribution is 7.89. The predicted molar refractivity (Wildman–Crippen MR) is 84.5 cm³/mol. The molecule has 0 aliphatic heterocycles. The number of aromatic nitrogens is 2. The number of rotatable bonds is 6. The average molecular weight is 324 g/mol. The zero-order valence-electron chi connectivity index (χ0n) is 11.5. The molecule has 0 bridgehead atoms. The largest absolute Gasteiger partial charge is 0.389 e. The van der Waals surface area contributed by atoms with E-state index >= 15 is 0 Å². The van der Waals surface area contributed by atoms with E-state index in [-0.39, 0.29) is 16.4 Å². The molecule has 1 aromatic heterocycles. The van der Waals surface area contributed by atoms with Gasteiger partial charge in [-0.2, -0.15) is 5.10 Å². The van der Waals surface area contributed by atoms with Gasteiger partial charge in [0.25, 0.3) is 0 Å². The van der Waals surface area contributed by atoms with Crippen molar-refractivity contribution in [2.75, 3.05) is 6.54 Å². The Labute approximate surface area is 129 Å². The van der Waals surface area contributed by atoms with Gasteiger partial charge in [0.05, 0.1) is 17.6 Å². The Balaban J connectivity index is 2.10. The van der Waals surface area contributed by atoms with Crippen molar-refractivity contribution in [3.8, 4) is 0 Å². The molecule has 0 spiro atoms. The van der Waals surface area contributed by atoms with Crippen LogP contribution in [0.1, 0.15) is 11.1 Å². The first-order valence-corrected chi connectivity index (χ1v) is 8.17. The van der Waals surface area contributed by atoms with Crippen LogP contribution in [0, 0.1) is 6.92 Å². The molecule has 0 unspecified atom stereocenters. The van der Waals surface area contributed by atoms with Crippen LogP contribution in [0.2, 0.25) is 0 Å². The SMILES string of the molecule is Cc1cnn(CCNS(=O)(=O)c2ccccc2C(N)=S)c1. The Morgan fingerprint density at radius 2 is 2.14 bits per heavy atom. The summed E-state index contributed by atoms with van der Waals surface area (Å²) in [7, 11) is -3.66. The maximum absolute atomic E-state index is 12.3. The molecule has 21 heavy (non-hydrogen) atoms. The highest BCUT2D eigenvalue weighted by atomic mass is 32.2. The molecule has 3 N–H and O–H groups in total. The number of benzene rings is 1. The lowest BCUT2D eigenvalue weighted by Crippen LogP contribution is -2.29. The number of nitrogens with one attached hydrogen (secondary N) is 1. The van der Waals surface area contributed by atoms with Gasteiger partial charge in [-0.15, -0.1) is 0 Å². The smallest absolute Gasteiger partial charge is 0.241 e. The maximum atomic E-state index is 12.3. The monoisotopic (exact) mass is 324 g/mol. The minimum absolute atomic E-state index is 0.0543. The van der Waals surface area contributed by atoms with E-state index < -0.39 is 10.0 Å². The summed E-state index contributed by atoms with van der Waals surface area (Å²) in [5.74, 6) is 0. The van der Waals surface area contributed by atoms with Gasteiger partial charge in [-0.3, -0.25) is 4.68 Å². The van der Waals surface area contributed by atoms with Crippen LogP contribution in [0.3, 0.4) is 0 Å². The number of hydrogen-bond acceptors (Lipinski definition) is 4. The third-order valence-electron chi connectivity index (χ3n) is 2.84. The summed E-state index contributed by atoms with van der Waals surface area (Å²) < 4.78 is 28.8. The van der Waals surface area contributed by atoms with Gasteiger partial charge < -0.3 is 5.73 Å². The van der Waals surface area contributed by atoms with E-state index in [1.54, 1.807) is 29.1 Å². The summed E-state index contributed by atoms with van der Waals surface area (Å²) in [5.41, 5.74) is 6.93. The van der Waals surface area contributed by atoms with E-state index in [0.29, 0.717) is 12.1 Å². The molecule has 112 valence electrons. The Morgan fingerprint density at radius 1 is 1.43 bits per heavy atom. The lowest BCUT2D eigenvalue weighted by molar-refractivity contribution is 0.560. The van der Waals surface area contributed by atoms with Crippen LogP contribution in [-0.4, -0.2) is 29.7 Å². The predicted octanol–water partition coefficient (Wildman–Crippen LogP) is 0.804. The van der Waals surface area contributed by atoms with Crippen LogP contribution in [0.25, 0.3) is 0 Å². The minimum atomic E-state index is -3.66. The van der Waals surface area contributed by atoms with E-state index in [1.807, 2.05) is 13.1 Å². The van der Waals surface area contributed by atoms with Gasteiger partial charge in [-0.25, -0.2) is 13.1 Å². The topological polar surface area (TPSA) is 90.0 Å². The summed E-state index contributed by atoms with van der Waals surface area (Å²) in [6, 6.07) is 6.40. The van der Waals surface area contributed by atoms with Crippen molar-refractivity contribution in [3.05, 3.63) is 47.8 Å². The second kappa shape index (κ2) is 6.33. The van der Waals surface area contributed by atoms with Gasteiger partial charge in [0.15, 0.2) is 0 Å². The minimum Gasteiger partial charge on any atom is -0.389 e. The zero-order chi connectivity index (χ0) is 15.5. The molecular weight excluding hydrogens is 308 g/mol. The summed E-state index contributed by atoms with van der Waals surface area (Å²) >= 11 is 4.88. The first kappa shape index (κ1) is 15.6. The van der Waals surface area contributed by atoms with E-state index in [4.69, 9.17) is 18.0 Å². The second-order valence-electron chi connectivity index (χ2n) is 4.54. The van der Waals surface area contributed by atoms with E-state index in [0.717, 1.165) is 5.56 Å². The Hall–Kier alpha value is -1.77.